The van der Waals surface area contributed by atoms with Crippen molar-refractivity contribution in [2.75, 3.05) is 13.1 Å². The zero-order valence-electron chi connectivity index (χ0n) is 13.9. The highest BCUT2D eigenvalue weighted by Crippen LogP contribution is 2.23. The van der Waals surface area contributed by atoms with E-state index in [2.05, 4.69) is 4.98 Å². The molecule has 2 rings (SSSR count). The topological polar surface area (TPSA) is 42.4 Å². The SMILES string of the molecule is CC.CC(C)(C)OC(=O)N1CC(CCc2ccccn2)C1. The van der Waals surface area contributed by atoms with E-state index in [9.17, 15) is 4.79 Å². The number of hydrogen-bond acceptors (Lipinski definition) is 3. The lowest BCUT2D eigenvalue weighted by Crippen LogP contribution is -2.51. The van der Waals surface area contributed by atoms with Gasteiger partial charge in [-0.1, -0.05) is 19.9 Å². The Morgan fingerprint density at radius 2 is 2.00 bits per heavy atom. The van der Waals surface area contributed by atoms with Gasteiger partial charge in [0.1, 0.15) is 5.60 Å². The van der Waals surface area contributed by atoms with Crippen molar-refractivity contribution in [1.82, 2.24) is 9.88 Å². The third-order valence-corrected chi connectivity index (χ3v) is 3.14. The van der Waals surface area contributed by atoms with Crippen LogP contribution >= 0.6 is 0 Å². The van der Waals surface area contributed by atoms with Crippen LogP contribution in [0, 0.1) is 5.92 Å². The average molecular weight is 292 g/mol. The summed E-state index contributed by atoms with van der Waals surface area (Å²) in [7, 11) is 0. The van der Waals surface area contributed by atoms with Gasteiger partial charge in [0.05, 0.1) is 0 Å². The summed E-state index contributed by atoms with van der Waals surface area (Å²) < 4.78 is 5.33. The van der Waals surface area contributed by atoms with Gasteiger partial charge in [0.2, 0.25) is 0 Å². The fraction of sp³-hybridized carbons (Fsp3) is 0.647. The normalized spacial score (nSPS) is 14.8. The molecule has 1 saturated heterocycles. The second-order valence-corrected chi connectivity index (χ2v) is 6.11. The minimum Gasteiger partial charge on any atom is -0.444 e. The minimum absolute atomic E-state index is 0.193. The molecule has 0 aliphatic carbocycles. The lowest BCUT2D eigenvalue weighted by atomic mass is 9.94. The maximum atomic E-state index is 11.8. The maximum Gasteiger partial charge on any atom is 0.410 e. The summed E-state index contributed by atoms with van der Waals surface area (Å²) in [6, 6.07) is 5.98. The van der Waals surface area contributed by atoms with Crippen LogP contribution in [0.25, 0.3) is 0 Å². The van der Waals surface area contributed by atoms with Gasteiger partial charge in [0, 0.05) is 25.0 Å². The first-order chi connectivity index (χ1) is 9.94. The lowest BCUT2D eigenvalue weighted by Gasteiger charge is -2.39. The summed E-state index contributed by atoms with van der Waals surface area (Å²) in [5.74, 6) is 0.578. The van der Waals surface area contributed by atoms with Gasteiger partial charge in [-0.25, -0.2) is 4.79 Å². The molecule has 0 unspecified atom stereocenters. The van der Waals surface area contributed by atoms with E-state index in [0.29, 0.717) is 5.92 Å². The first-order valence-corrected chi connectivity index (χ1v) is 7.82. The molecule has 0 spiro atoms. The van der Waals surface area contributed by atoms with Gasteiger partial charge in [-0.3, -0.25) is 4.98 Å². The van der Waals surface area contributed by atoms with E-state index in [1.54, 1.807) is 4.90 Å². The molecule has 1 amide bonds. The quantitative estimate of drug-likeness (QED) is 0.848. The highest BCUT2D eigenvalue weighted by molar-refractivity contribution is 5.69. The molecule has 4 nitrogen and oxygen atoms in total. The van der Waals surface area contributed by atoms with Crippen molar-refractivity contribution in [2.45, 2.75) is 53.1 Å². The van der Waals surface area contributed by atoms with E-state index in [-0.39, 0.29) is 6.09 Å². The van der Waals surface area contributed by atoms with Crippen molar-refractivity contribution in [3.63, 3.8) is 0 Å². The molecule has 1 aliphatic heterocycles. The van der Waals surface area contributed by atoms with Crippen LogP contribution in [-0.4, -0.2) is 34.7 Å². The van der Waals surface area contributed by atoms with Crippen molar-refractivity contribution in [1.29, 1.82) is 0 Å². The molecule has 0 radical (unpaired) electrons. The number of aryl methyl sites for hydroxylation is 1. The molecule has 21 heavy (non-hydrogen) atoms. The van der Waals surface area contributed by atoms with E-state index in [1.807, 2.05) is 59.0 Å². The molecule has 2 heterocycles. The number of nitrogens with zero attached hydrogens (tertiary/aromatic N) is 2. The third kappa shape index (κ3) is 6.15. The second-order valence-electron chi connectivity index (χ2n) is 6.11. The predicted octanol–water partition coefficient (Wildman–Crippen LogP) is 3.91. The number of rotatable bonds is 3. The van der Waals surface area contributed by atoms with Crippen molar-refractivity contribution in [2.24, 2.45) is 5.92 Å². The van der Waals surface area contributed by atoms with Gasteiger partial charge < -0.3 is 9.64 Å². The van der Waals surface area contributed by atoms with Crippen molar-refractivity contribution in [3.8, 4) is 0 Å². The van der Waals surface area contributed by atoms with Crippen LogP contribution in [0.3, 0.4) is 0 Å². The number of likely N-dealkylation sites (tertiary alicyclic amines) is 1. The van der Waals surface area contributed by atoms with Gasteiger partial charge in [0.25, 0.3) is 0 Å². The summed E-state index contributed by atoms with van der Waals surface area (Å²) in [5.41, 5.74) is 0.717. The number of aromatic nitrogens is 1. The fourth-order valence-corrected chi connectivity index (χ4v) is 2.13. The Hall–Kier alpha value is -1.58. The van der Waals surface area contributed by atoms with Crippen molar-refractivity contribution >= 4 is 6.09 Å². The lowest BCUT2D eigenvalue weighted by molar-refractivity contribution is -0.00205. The largest absolute Gasteiger partial charge is 0.444 e. The molecule has 1 aromatic rings. The van der Waals surface area contributed by atoms with E-state index < -0.39 is 5.60 Å². The Balaban J connectivity index is 0.00000106. The second kappa shape index (κ2) is 8.01. The van der Waals surface area contributed by atoms with Gasteiger partial charge in [-0.2, -0.15) is 0 Å². The van der Waals surface area contributed by atoms with Crippen LogP contribution in [-0.2, 0) is 11.2 Å². The van der Waals surface area contributed by atoms with Crippen molar-refractivity contribution in [3.05, 3.63) is 30.1 Å². The third-order valence-electron chi connectivity index (χ3n) is 3.14. The monoisotopic (exact) mass is 292 g/mol. The van der Waals surface area contributed by atoms with Gasteiger partial charge >= 0.3 is 6.09 Å². The molecule has 0 saturated carbocycles. The highest BCUT2D eigenvalue weighted by Gasteiger charge is 2.33. The van der Waals surface area contributed by atoms with Gasteiger partial charge in [-0.05, 0) is 51.7 Å². The van der Waals surface area contributed by atoms with Crippen LogP contribution in [0.4, 0.5) is 4.79 Å². The minimum atomic E-state index is -0.407. The van der Waals surface area contributed by atoms with Crippen LogP contribution in [0.1, 0.15) is 46.7 Å². The Kier molecular flexibility index (Phi) is 6.66. The van der Waals surface area contributed by atoms with Gasteiger partial charge in [-0.15, -0.1) is 0 Å². The number of amides is 1. The van der Waals surface area contributed by atoms with E-state index in [4.69, 9.17) is 4.74 Å². The molecular weight excluding hydrogens is 264 g/mol. The summed E-state index contributed by atoms with van der Waals surface area (Å²) in [4.78, 5) is 17.8. The van der Waals surface area contributed by atoms with Gasteiger partial charge in [0.15, 0.2) is 0 Å². The number of carbonyl (C=O) groups excluding carboxylic acids is 1. The number of hydrogen-bond donors (Lipinski definition) is 0. The number of carbonyl (C=O) groups is 1. The molecule has 1 fully saturated rings. The summed E-state index contributed by atoms with van der Waals surface area (Å²) in [6.45, 7) is 11.3. The summed E-state index contributed by atoms with van der Waals surface area (Å²) >= 11 is 0. The Morgan fingerprint density at radius 1 is 1.33 bits per heavy atom. The molecule has 118 valence electrons. The molecule has 4 heteroatoms. The summed E-state index contributed by atoms with van der Waals surface area (Å²) in [5, 5.41) is 0. The molecule has 0 atom stereocenters. The van der Waals surface area contributed by atoms with E-state index >= 15 is 0 Å². The van der Waals surface area contributed by atoms with Crippen LogP contribution in [0.15, 0.2) is 24.4 Å². The van der Waals surface area contributed by atoms with E-state index in [1.165, 1.54) is 0 Å². The Morgan fingerprint density at radius 3 is 2.52 bits per heavy atom. The Bertz CT molecular complexity index is 420. The smallest absolute Gasteiger partial charge is 0.410 e. The maximum absolute atomic E-state index is 11.8. The number of pyridine rings is 1. The molecular formula is C17H28N2O2. The average Bonchev–Trinajstić information content (AvgIpc) is 2.38. The number of ether oxygens (including phenoxy) is 1. The first kappa shape index (κ1) is 17.5. The highest BCUT2D eigenvalue weighted by atomic mass is 16.6. The van der Waals surface area contributed by atoms with Crippen molar-refractivity contribution < 1.29 is 9.53 Å². The van der Waals surface area contributed by atoms with Crippen LogP contribution in [0.2, 0.25) is 0 Å². The van der Waals surface area contributed by atoms with Crippen LogP contribution in [0.5, 0.6) is 0 Å². The first-order valence-electron chi connectivity index (χ1n) is 7.82. The zero-order chi connectivity index (χ0) is 15.9. The molecule has 1 aromatic heterocycles. The molecule has 0 aromatic carbocycles. The van der Waals surface area contributed by atoms with E-state index in [0.717, 1.165) is 31.6 Å². The standard InChI is InChI=1S/C15H22N2O2.C2H6/c1-15(2,3)19-14(18)17-10-12(11-17)7-8-13-6-4-5-9-16-13;1-2/h4-6,9,12H,7-8,10-11H2,1-3H3;1-2H3. The molecule has 0 N–H and O–H groups in total. The Labute approximate surface area is 128 Å². The fourth-order valence-electron chi connectivity index (χ4n) is 2.13. The van der Waals surface area contributed by atoms with Crippen LogP contribution < -0.4 is 0 Å². The molecule has 1 aliphatic rings. The molecule has 0 bridgehead atoms. The predicted molar refractivity (Wildman–Crippen MR) is 85.2 cm³/mol. The summed E-state index contributed by atoms with van der Waals surface area (Å²) in [6.07, 6.45) is 3.69. The zero-order valence-corrected chi connectivity index (χ0v) is 13.9.